The number of benzene rings is 1. The van der Waals surface area contributed by atoms with Gasteiger partial charge in [0.15, 0.2) is 0 Å². The lowest BCUT2D eigenvalue weighted by Gasteiger charge is -2.39. The predicted molar refractivity (Wildman–Crippen MR) is 82.1 cm³/mol. The van der Waals surface area contributed by atoms with Gasteiger partial charge in [0.25, 0.3) is 0 Å². The zero-order chi connectivity index (χ0) is 17.7. The van der Waals surface area contributed by atoms with E-state index in [9.17, 15) is 18.0 Å². The molecule has 2 rings (SSSR count). The van der Waals surface area contributed by atoms with Crippen LogP contribution in [0.4, 0.5) is 18.0 Å². The number of hydrogen-bond acceptors (Lipinski definition) is 3. The molecule has 130 valence electrons. The maximum Gasteiger partial charge on any atom is 0.401 e. The van der Waals surface area contributed by atoms with E-state index in [2.05, 4.69) is 5.32 Å². The van der Waals surface area contributed by atoms with Crippen molar-refractivity contribution in [2.24, 2.45) is 0 Å². The van der Waals surface area contributed by atoms with E-state index in [-0.39, 0.29) is 38.3 Å². The molecule has 0 aliphatic carbocycles. The number of carbonyl (C=O) groups is 1. The number of halogens is 3. The number of rotatable bonds is 3. The zero-order valence-corrected chi connectivity index (χ0v) is 13.3. The molecule has 1 heterocycles. The van der Waals surface area contributed by atoms with Crippen LogP contribution >= 0.6 is 0 Å². The van der Waals surface area contributed by atoms with Crippen LogP contribution in [0.3, 0.4) is 0 Å². The summed E-state index contributed by atoms with van der Waals surface area (Å²) in [6, 6.07) is 8.25. The number of hydrogen-bond donors (Lipinski definition) is 1. The van der Waals surface area contributed by atoms with Gasteiger partial charge in [0.1, 0.15) is 0 Å². The molecule has 0 radical (unpaired) electrons. The first-order valence-electron chi connectivity index (χ1n) is 7.61. The first-order chi connectivity index (χ1) is 11.3. The van der Waals surface area contributed by atoms with Gasteiger partial charge in [0.05, 0.1) is 18.2 Å². The van der Waals surface area contributed by atoms with Gasteiger partial charge in [-0.05, 0) is 24.6 Å². The number of carbonyl (C=O) groups excluding carboxylic acids is 1. The van der Waals surface area contributed by atoms with E-state index < -0.39 is 12.7 Å². The highest BCUT2D eigenvalue weighted by molar-refractivity contribution is 5.74. The predicted octanol–water partition coefficient (Wildman–Crippen LogP) is 2.34. The van der Waals surface area contributed by atoms with Crippen molar-refractivity contribution < 1.29 is 18.0 Å². The van der Waals surface area contributed by atoms with Crippen LogP contribution in [0.25, 0.3) is 0 Å². The summed E-state index contributed by atoms with van der Waals surface area (Å²) in [6.45, 7) is 1.69. The van der Waals surface area contributed by atoms with Crippen LogP contribution in [-0.4, -0.2) is 54.2 Å². The quantitative estimate of drug-likeness (QED) is 0.919. The van der Waals surface area contributed by atoms with Crippen LogP contribution in [-0.2, 0) is 6.54 Å². The number of piperazine rings is 1. The van der Waals surface area contributed by atoms with E-state index in [1.54, 1.807) is 31.2 Å². The molecule has 0 saturated carbocycles. The van der Waals surface area contributed by atoms with E-state index in [1.165, 1.54) is 9.80 Å². The molecule has 5 nitrogen and oxygen atoms in total. The van der Waals surface area contributed by atoms with Gasteiger partial charge in [-0.25, -0.2) is 4.79 Å². The molecule has 1 fully saturated rings. The average Bonchev–Trinajstić information content (AvgIpc) is 2.53. The van der Waals surface area contributed by atoms with Crippen LogP contribution in [0.2, 0.25) is 0 Å². The molecule has 1 aromatic rings. The van der Waals surface area contributed by atoms with Gasteiger partial charge in [-0.3, -0.25) is 4.90 Å². The molecule has 0 unspecified atom stereocenters. The topological polar surface area (TPSA) is 59.4 Å². The molecule has 8 heteroatoms. The van der Waals surface area contributed by atoms with Gasteiger partial charge in [-0.15, -0.1) is 0 Å². The largest absolute Gasteiger partial charge is 0.401 e. The van der Waals surface area contributed by atoms with Gasteiger partial charge < -0.3 is 10.2 Å². The Balaban J connectivity index is 1.85. The van der Waals surface area contributed by atoms with Crippen molar-refractivity contribution in [2.75, 3.05) is 26.2 Å². The minimum Gasteiger partial charge on any atom is -0.334 e. The molecule has 0 aromatic heterocycles. The van der Waals surface area contributed by atoms with Crippen LogP contribution in [0.1, 0.15) is 18.1 Å². The minimum absolute atomic E-state index is 0.192. The molecule has 1 aliphatic rings. The maximum absolute atomic E-state index is 12.5. The fourth-order valence-corrected chi connectivity index (χ4v) is 2.69. The summed E-state index contributed by atoms with van der Waals surface area (Å²) in [7, 11) is 0. The molecular weight excluding hydrogens is 321 g/mol. The van der Waals surface area contributed by atoms with E-state index in [0.29, 0.717) is 5.56 Å². The van der Waals surface area contributed by atoms with Gasteiger partial charge in [0.2, 0.25) is 0 Å². The van der Waals surface area contributed by atoms with Crippen molar-refractivity contribution >= 4 is 6.03 Å². The molecule has 1 saturated heterocycles. The number of nitrogens with zero attached hydrogens (tertiary/aromatic N) is 3. The Labute approximate surface area is 138 Å². The Morgan fingerprint density at radius 2 is 2.17 bits per heavy atom. The lowest BCUT2D eigenvalue weighted by molar-refractivity contribution is -0.153. The fraction of sp³-hybridized carbons (Fsp3) is 0.500. The lowest BCUT2D eigenvalue weighted by atomic mass is 10.1. The van der Waals surface area contributed by atoms with Crippen molar-refractivity contribution in [3.05, 3.63) is 35.4 Å². The fourth-order valence-electron chi connectivity index (χ4n) is 2.69. The number of nitrogens with one attached hydrogen (secondary N) is 1. The third-order valence-electron chi connectivity index (χ3n) is 3.93. The molecule has 1 atom stereocenters. The average molecular weight is 340 g/mol. The molecule has 24 heavy (non-hydrogen) atoms. The summed E-state index contributed by atoms with van der Waals surface area (Å²) in [4.78, 5) is 15.0. The van der Waals surface area contributed by atoms with Crippen LogP contribution in [0.5, 0.6) is 0 Å². The van der Waals surface area contributed by atoms with Gasteiger partial charge in [-0.1, -0.05) is 12.1 Å². The third kappa shape index (κ3) is 5.13. The van der Waals surface area contributed by atoms with E-state index in [0.717, 1.165) is 5.56 Å². The molecule has 0 spiro atoms. The highest BCUT2D eigenvalue weighted by Crippen LogP contribution is 2.20. The maximum atomic E-state index is 12.5. The van der Waals surface area contributed by atoms with Gasteiger partial charge in [-0.2, -0.15) is 18.4 Å². The normalized spacial score (nSPS) is 19.0. The Morgan fingerprint density at radius 1 is 1.42 bits per heavy atom. The van der Waals surface area contributed by atoms with E-state index in [1.807, 2.05) is 6.07 Å². The van der Waals surface area contributed by atoms with E-state index in [4.69, 9.17) is 5.26 Å². The second kappa shape index (κ2) is 7.53. The Bertz CT molecular complexity index is 626. The molecule has 1 aromatic carbocycles. The number of nitriles is 1. The third-order valence-corrected chi connectivity index (χ3v) is 3.93. The monoisotopic (exact) mass is 340 g/mol. The zero-order valence-electron chi connectivity index (χ0n) is 13.3. The first kappa shape index (κ1) is 18.1. The molecule has 1 aliphatic heterocycles. The summed E-state index contributed by atoms with van der Waals surface area (Å²) in [5, 5.41) is 11.6. The van der Waals surface area contributed by atoms with E-state index >= 15 is 0 Å². The molecule has 2 amide bonds. The Kier molecular flexibility index (Phi) is 5.67. The highest BCUT2D eigenvalue weighted by atomic mass is 19.4. The Hall–Kier alpha value is -2.27. The summed E-state index contributed by atoms with van der Waals surface area (Å²) in [5.41, 5.74) is 1.31. The molecule has 0 bridgehead atoms. The SMILES string of the molecule is C[C@H]1CN(C(=O)NCc2cccc(C#N)c2)CCN1CC(F)(F)F. The van der Waals surface area contributed by atoms with Crippen molar-refractivity contribution in [1.82, 2.24) is 15.1 Å². The van der Waals surface area contributed by atoms with Crippen LogP contribution in [0.15, 0.2) is 24.3 Å². The smallest absolute Gasteiger partial charge is 0.334 e. The minimum atomic E-state index is -4.23. The number of urea groups is 1. The number of alkyl halides is 3. The summed E-state index contributed by atoms with van der Waals surface area (Å²) in [5.74, 6) is 0. The highest BCUT2D eigenvalue weighted by Gasteiger charge is 2.35. The standard InChI is InChI=1S/C16H19F3N4O/c1-12-10-22(5-6-23(12)11-16(17,18)19)15(24)21-9-14-4-2-3-13(7-14)8-20/h2-4,7,12H,5-6,9-11H2,1H3,(H,21,24)/t12-/m0/s1. The summed E-state index contributed by atoms with van der Waals surface area (Å²) < 4.78 is 37.4. The van der Waals surface area contributed by atoms with Gasteiger partial charge in [0, 0.05) is 32.2 Å². The Morgan fingerprint density at radius 3 is 2.79 bits per heavy atom. The second-order valence-corrected chi connectivity index (χ2v) is 5.85. The van der Waals surface area contributed by atoms with Crippen molar-refractivity contribution in [2.45, 2.75) is 25.7 Å². The molecule has 1 N–H and O–H groups in total. The lowest BCUT2D eigenvalue weighted by Crippen LogP contribution is -2.57. The van der Waals surface area contributed by atoms with Gasteiger partial charge >= 0.3 is 12.2 Å². The van der Waals surface area contributed by atoms with Crippen molar-refractivity contribution in [3.63, 3.8) is 0 Å². The summed E-state index contributed by atoms with van der Waals surface area (Å²) in [6.07, 6.45) is -4.23. The van der Waals surface area contributed by atoms with Crippen molar-refractivity contribution in [3.8, 4) is 6.07 Å². The molecular formula is C16H19F3N4O. The second-order valence-electron chi connectivity index (χ2n) is 5.85. The van der Waals surface area contributed by atoms with Crippen molar-refractivity contribution in [1.29, 1.82) is 5.26 Å². The first-order valence-corrected chi connectivity index (χ1v) is 7.61. The summed E-state index contributed by atoms with van der Waals surface area (Å²) >= 11 is 0. The number of amides is 2. The van der Waals surface area contributed by atoms with Crippen LogP contribution in [0, 0.1) is 11.3 Å². The van der Waals surface area contributed by atoms with Crippen LogP contribution < -0.4 is 5.32 Å².